The first-order chi connectivity index (χ1) is 14.7. The van der Waals surface area contributed by atoms with Crippen LogP contribution in [0, 0.1) is 16.0 Å². The van der Waals surface area contributed by atoms with Crippen LogP contribution in [0.15, 0.2) is 42.5 Å². The van der Waals surface area contributed by atoms with Crippen LogP contribution in [0.4, 0.5) is 17.1 Å². The normalized spacial score (nSPS) is 15.2. The molecule has 0 bridgehead atoms. The van der Waals surface area contributed by atoms with E-state index in [4.69, 9.17) is 4.74 Å². The standard InChI is InChI=1S/C21H21N3O7/c1-12(2)19-20(26)23(16-10-15(24(28)29)8-9-17(16)31-19)11-18(25)22-14-6-4-13(5-7-14)21(27)30-3/h4-10,12,19H,11H2,1-3H3,(H,22,25). The van der Waals surface area contributed by atoms with Crippen LogP contribution in [0.2, 0.25) is 0 Å². The minimum atomic E-state index is -0.818. The lowest BCUT2D eigenvalue weighted by atomic mass is 10.0. The van der Waals surface area contributed by atoms with Gasteiger partial charge in [0.1, 0.15) is 12.3 Å². The summed E-state index contributed by atoms with van der Waals surface area (Å²) in [5.41, 5.74) is 0.678. The summed E-state index contributed by atoms with van der Waals surface area (Å²) in [4.78, 5) is 48.9. The van der Waals surface area contributed by atoms with E-state index in [1.807, 2.05) is 0 Å². The van der Waals surface area contributed by atoms with Gasteiger partial charge in [-0.1, -0.05) is 13.8 Å². The molecular formula is C21H21N3O7. The monoisotopic (exact) mass is 427 g/mol. The number of carbonyl (C=O) groups is 3. The number of methoxy groups -OCH3 is 1. The Morgan fingerprint density at radius 1 is 1.23 bits per heavy atom. The van der Waals surface area contributed by atoms with Gasteiger partial charge in [0, 0.05) is 17.8 Å². The van der Waals surface area contributed by atoms with Gasteiger partial charge < -0.3 is 14.8 Å². The summed E-state index contributed by atoms with van der Waals surface area (Å²) in [6.45, 7) is 3.25. The van der Waals surface area contributed by atoms with Gasteiger partial charge in [-0.3, -0.25) is 24.6 Å². The number of non-ortho nitro benzene ring substituents is 1. The van der Waals surface area contributed by atoms with Gasteiger partial charge in [-0.25, -0.2) is 4.79 Å². The molecule has 0 spiro atoms. The van der Waals surface area contributed by atoms with Crippen LogP contribution >= 0.6 is 0 Å². The molecule has 1 N–H and O–H groups in total. The smallest absolute Gasteiger partial charge is 0.337 e. The van der Waals surface area contributed by atoms with E-state index in [1.54, 1.807) is 13.8 Å². The molecule has 31 heavy (non-hydrogen) atoms. The third kappa shape index (κ3) is 4.63. The summed E-state index contributed by atoms with van der Waals surface area (Å²) < 4.78 is 10.4. The van der Waals surface area contributed by atoms with Gasteiger partial charge in [0.2, 0.25) is 5.91 Å². The lowest BCUT2D eigenvalue weighted by Crippen LogP contribution is -2.50. The molecule has 2 aromatic rings. The molecule has 1 aliphatic rings. The zero-order valence-electron chi connectivity index (χ0n) is 17.2. The third-order valence-corrected chi connectivity index (χ3v) is 4.70. The average molecular weight is 427 g/mol. The number of hydrogen-bond acceptors (Lipinski definition) is 7. The van der Waals surface area contributed by atoms with Crippen LogP contribution in [0.5, 0.6) is 5.75 Å². The molecule has 0 fully saturated rings. The van der Waals surface area contributed by atoms with Gasteiger partial charge in [0.05, 0.1) is 23.3 Å². The van der Waals surface area contributed by atoms with E-state index in [9.17, 15) is 24.5 Å². The molecule has 10 heteroatoms. The zero-order valence-corrected chi connectivity index (χ0v) is 17.2. The molecule has 0 aliphatic carbocycles. The summed E-state index contributed by atoms with van der Waals surface area (Å²) in [6.07, 6.45) is -0.818. The SMILES string of the molecule is COC(=O)c1ccc(NC(=O)CN2C(=O)C(C(C)C)Oc3ccc([N+](=O)[O-])cc32)cc1. The fraction of sp³-hybridized carbons (Fsp3) is 0.286. The largest absolute Gasteiger partial charge is 0.478 e. The topological polar surface area (TPSA) is 128 Å². The van der Waals surface area contributed by atoms with Crippen molar-refractivity contribution in [2.45, 2.75) is 20.0 Å². The van der Waals surface area contributed by atoms with Gasteiger partial charge in [0.25, 0.3) is 11.6 Å². The number of ether oxygens (including phenoxy) is 2. The summed E-state index contributed by atoms with van der Waals surface area (Å²) in [5, 5.41) is 13.8. The third-order valence-electron chi connectivity index (χ3n) is 4.70. The first-order valence-corrected chi connectivity index (χ1v) is 9.46. The molecule has 2 aromatic carbocycles. The first-order valence-electron chi connectivity index (χ1n) is 9.46. The van der Waals surface area contributed by atoms with Gasteiger partial charge in [-0.2, -0.15) is 0 Å². The summed E-state index contributed by atoms with van der Waals surface area (Å²) in [5.74, 6) is -1.36. The molecule has 0 aromatic heterocycles. The summed E-state index contributed by atoms with van der Waals surface area (Å²) in [7, 11) is 1.27. The number of hydrogen-bond donors (Lipinski definition) is 1. The van der Waals surface area contributed by atoms with E-state index in [0.29, 0.717) is 17.0 Å². The molecule has 1 atom stereocenters. The minimum Gasteiger partial charge on any atom is -0.478 e. The van der Waals surface area contributed by atoms with E-state index in [-0.39, 0.29) is 23.8 Å². The Kier molecular flexibility index (Phi) is 6.19. The van der Waals surface area contributed by atoms with Crippen LogP contribution in [0.3, 0.4) is 0 Å². The van der Waals surface area contributed by atoms with Gasteiger partial charge in [-0.15, -0.1) is 0 Å². The molecule has 2 amide bonds. The number of fused-ring (bicyclic) bond motifs is 1. The zero-order chi connectivity index (χ0) is 22.7. The second-order valence-corrected chi connectivity index (χ2v) is 7.23. The molecule has 1 unspecified atom stereocenters. The van der Waals surface area contributed by atoms with E-state index < -0.39 is 28.8 Å². The number of nitro groups is 1. The second-order valence-electron chi connectivity index (χ2n) is 7.23. The van der Waals surface area contributed by atoms with Crippen molar-refractivity contribution in [2.24, 2.45) is 5.92 Å². The molecule has 1 heterocycles. The van der Waals surface area contributed by atoms with Crippen molar-refractivity contribution in [3.8, 4) is 5.75 Å². The van der Waals surface area contributed by atoms with Crippen molar-refractivity contribution in [1.82, 2.24) is 0 Å². The Morgan fingerprint density at radius 3 is 2.48 bits per heavy atom. The molecule has 10 nitrogen and oxygen atoms in total. The number of anilines is 2. The number of amides is 2. The second kappa shape index (κ2) is 8.82. The highest BCUT2D eigenvalue weighted by molar-refractivity contribution is 6.06. The summed E-state index contributed by atoms with van der Waals surface area (Å²) in [6, 6.07) is 9.96. The molecule has 0 saturated heterocycles. The Hall–Kier alpha value is -3.95. The maximum atomic E-state index is 13.0. The van der Waals surface area contributed by atoms with Crippen molar-refractivity contribution in [3.05, 3.63) is 58.1 Å². The van der Waals surface area contributed by atoms with E-state index >= 15 is 0 Å². The van der Waals surface area contributed by atoms with E-state index in [0.717, 1.165) is 0 Å². The fourth-order valence-electron chi connectivity index (χ4n) is 3.13. The molecule has 162 valence electrons. The van der Waals surface area contributed by atoms with E-state index in [1.165, 1.54) is 54.5 Å². The van der Waals surface area contributed by atoms with Gasteiger partial charge in [0.15, 0.2) is 6.10 Å². The lowest BCUT2D eigenvalue weighted by molar-refractivity contribution is -0.384. The van der Waals surface area contributed by atoms with Crippen LogP contribution in [0.1, 0.15) is 24.2 Å². The quantitative estimate of drug-likeness (QED) is 0.426. The fourth-order valence-corrected chi connectivity index (χ4v) is 3.13. The van der Waals surface area contributed by atoms with Crippen molar-refractivity contribution in [3.63, 3.8) is 0 Å². The molecule has 0 saturated carbocycles. The van der Waals surface area contributed by atoms with Gasteiger partial charge in [-0.05, 0) is 36.2 Å². The number of nitrogens with zero attached hydrogens (tertiary/aromatic N) is 2. The predicted molar refractivity (Wildman–Crippen MR) is 111 cm³/mol. The molecule has 1 aliphatic heterocycles. The van der Waals surface area contributed by atoms with Crippen molar-refractivity contribution >= 4 is 34.8 Å². The Labute approximate surface area is 177 Å². The highest BCUT2D eigenvalue weighted by Gasteiger charge is 2.38. The Morgan fingerprint density at radius 2 is 1.90 bits per heavy atom. The number of nitro benzene ring substituents is 1. The molecule has 3 rings (SSSR count). The van der Waals surface area contributed by atoms with Crippen molar-refractivity contribution < 1.29 is 28.8 Å². The average Bonchev–Trinajstić information content (AvgIpc) is 2.74. The number of rotatable bonds is 6. The first kappa shape index (κ1) is 21.8. The molecule has 0 radical (unpaired) electrons. The van der Waals surface area contributed by atoms with Crippen molar-refractivity contribution in [2.75, 3.05) is 23.9 Å². The highest BCUT2D eigenvalue weighted by atomic mass is 16.6. The van der Waals surface area contributed by atoms with Gasteiger partial charge >= 0.3 is 5.97 Å². The van der Waals surface area contributed by atoms with Crippen LogP contribution in [-0.2, 0) is 14.3 Å². The van der Waals surface area contributed by atoms with Crippen molar-refractivity contribution in [1.29, 1.82) is 0 Å². The number of carbonyl (C=O) groups excluding carboxylic acids is 3. The van der Waals surface area contributed by atoms with Crippen LogP contribution < -0.4 is 15.0 Å². The van der Waals surface area contributed by atoms with Crippen LogP contribution in [0.25, 0.3) is 0 Å². The Balaban J connectivity index is 1.83. The van der Waals surface area contributed by atoms with Crippen LogP contribution in [-0.4, -0.2) is 42.5 Å². The minimum absolute atomic E-state index is 0.160. The maximum absolute atomic E-state index is 13.0. The number of nitrogens with one attached hydrogen (secondary N) is 1. The van der Waals surface area contributed by atoms with E-state index in [2.05, 4.69) is 10.1 Å². The molecular weight excluding hydrogens is 406 g/mol. The summed E-state index contributed by atoms with van der Waals surface area (Å²) >= 11 is 0. The Bertz CT molecular complexity index is 1030. The maximum Gasteiger partial charge on any atom is 0.337 e. The predicted octanol–water partition coefficient (Wildman–Crippen LogP) is 2.77. The number of esters is 1. The lowest BCUT2D eigenvalue weighted by Gasteiger charge is -2.35. The highest BCUT2D eigenvalue weighted by Crippen LogP contribution is 2.38. The number of benzene rings is 2.